The Bertz CT molecular complexity index is 482. The van der Waals surface area contributed by atoms with Crippen molar-refractivity contribution in [3.8, 4) is 0 Å². The van der Waals surface area contributed by atoms with E-state index in [1.54, 1.807) is 6.33 Å². The monoisotopic (exact) mass is 333 g/mol. The molecule has 0 saturated carbocycles. The summed E-state index contributed by atoms with van der Waals surface area (Å²) in [7, 11) is 0. The van der Waals surface area contributed by atoms with E-state index >= 15 is 0 Å². The number of rotatable bonds is 6. The van der Waals surface area contributed by atoms with E-state index in [-0.39, 0.29) is 5.91 Å². The number of aromatic amines is 1. The topological polar surface area (TPSA) is 64.3 Å². The number of carbonyl (C=O) groups excluding carboxylic acids is 1. The van der Waals surface area contributed by atoms with Gasteiger partial charge in [0, 0.05) is 31.5 Å². The van der Waals surface area contributed by atoms with Crippen LogP contribution in [0.15, 0.2) is 12.5 Å². The molecule has 0 spiro atoms. The highest BCUT2D eigenvalue weighted by atomic mass is 16.2. The summed E-state index contributed by atoms with van der Waals surface area (Å²) in [6.07, 6.45) is 11.2. The maximum absolute atomic E-state index is 12.2. The Balaban J connectivity index is 1.32. The van der Waals surface area contributed by atoms with Crippen LogP contribution in [0.5, 0.6) is 0 Å². The first kappa shape index (κ1) is 17.4. The van der Waals surface area contributed by atoms with Crippen LogP contribution >= 0.6 is 0 Å². The van der Waals surface area contributed by atoms with Gasteiger partial charge in [-0.05, 0) is 44.8 Å². The van der Waals surface area contributed by atoms with Gasteiger partial charge in [-0.3, -0.25) is 14.6 Å². The predicted molar refractivity (Wildman–Crippen MR) is 94.5 cm³/mol. The molecule has 0 unspecified atom stereocenters. The highest BCUT2D eigenvalue weighted by Crippen LogP contribution is 2.17. The van der Waals surface area contributed by atoms with Crippen molar-refractivity contribution >= 4 is 5.91 Å². The third-order valence-electron chi connectivity index (χ3n) is 5.22. The zero-order chi connectivity index (χ0) is 16.6. The lowest BCUT2D eigenvalue weighted by molar-refractivity contribution is -0.122. The van der Waals surface area contributed by atoms with E-state index in [2.05, 4.69) is 25.1 Å². The minimum Gasteiger partial charge on any atom is -0.355 e. The van der Waals surface area contributed by atoms with Gasteiger partial charge in [-0.15, -0.1) is 0 Å². The second-order valence-corrected chi connectivity index (χ2v) is 7.31. The number of H-pyrrole nitrogens is 1. The Morgan fingerprint density at radius 1 is 1.17 bits per heavy atom. The molecule has 2 fully saturated rings. The molecular formula is C18H31N5O. The number of aromatic nitrogens is 2. The van der Waals surface area contributed by atoms with E-state index in [0.717, 1.165) is 51.4 Å². The van der Waals surface area contributed by atoms with Crippen LogP contribution in [0.3, 0.4) is 0 Å². The van der Waals surface area contributed by atoms with Gasteiger partial charge in [-0.1, -0.05) is 19.3 Å². The number of nitrogens with zero attached hydrogens (tertiary/aromatic N) is 3. The van der Waals surface area contributed by atoms with E-state index in [4.69, 9.17) is 0 Å². The third-order valence-corrected chi connectivity index (χ3v) is 5.22. The molecule has 2 N–H and O–H groups in total. The SMILES string of the molecule is O=C(CN1CCCCCCC1)NC[C@H]1CCN(Cc2cnc[nH]2)C1. The molecule has 1 aromatic heterocycles. The lowest BCUT2D eigenvalue weighted by atomic mass is 10.1. The van der Waals surface area contributed by atoms with Crippen molar-refractivity contribution in [1.82, 2.24) is 25.1 Å². The first-order chi connectivity index (χ1) is 11.8. The van der Waals surface area contributed by atoms with Crippen LogP contribution in [0.25, 0.3) is 0 Å². The second-order valence-electron chi connectivity index (χ2n) is 7.31. The van der Waals surface area contributed by atoms with E-state index in [9.17, 15) is 4.79 Å². The van der Waals surface area contributed by atoms with Crippen LogP contribution in [0.4, 0.5) is 0 Å². The van der Waals surface area contributed by atoms with Gasteiger partial charge < -0.3 is 10.3 Å². The Labute approximate surface area is 145 Å². The Morgan fingerprint density at radius 3 is 2.71 bits per heavy atom. The molecule has 0 radical (unpaired) electrons. The maximum atomic E-state index is 12.2. The summed E-state index contributed by atoms with van der Waals surface area (Å²) in [6, 6.07) is 0. The van der Waals surface area contributed by atoms with Gasteiger partial charge >= 0.3 is 0 Å². The third kappa shape index (κ3) is 5.60. The molecule has 3 heterocycles. The first-order valence-corrected chi connectivity index (χ1v) is 9.48. The van der Waals surface area contributed by atoms with Crippen molar-refractivity contribution in [2.75, 3.05) is 39.3 Å². The fraction of sp³-hybridized carbons (Fsp3) is 0.778. The molecule has 0 aliphatic carbocycles. The van der Waals surface area contributed by atoms with E-state index < -0.39 is 0 Å². The summed E-state index contributed by atoms with van der Waals surface area (Å²) >= 11 is 0. The van der Waals surface area contributed by atoms with Gasteiger partial charge in [0.05, 0.1) is 12.9 Å². The van der Waals surface area contributed by atoms with Gasteiger partial charge in [-0.2, -0.15) is 0 Å². The summed E-state index contributed by atoms with van der Waals surface area (Å²) in [5.41, 5.74) is 1.16. The summed E-state index contributed by atoms with van der Waals surface area (Å²) < 4.78 is 0. The number of likely N-dealkylation sites (tertiary alicyclic amines) is 2. The average Bonchev–Trinajstić information content (AvgIpc) is 3.20. The van der Waals surface area contributed by atoms with Crippen molar-refractivity contribution in [2.24, 2.45) is 5.92 Å². The molecule has 6 nitrogen and oxygen atoms in total. The van der Waals surface area contributed by atoms with E-state index in [1.165, 1.54) is 32.1 Å². The van der Waals surface area contributed by atoms with Gasteiger partial charge in [0.15, 0.2) is 0 Å². The van der Waals surface area contributed by atoms with Gasteiger partial charge in [-0.25, -0.2) is 4.98 Å². The van der Waals surface area contributed by atoms with Crippen molar-refractivity contribution in [2.45, 2.75) is 45.1 Å². The normalized spacial score (nSPS) is 23.8. The van der Waals surface area contributed by atoms with Crippen molar-refractivity contribution < 1.29 is 4.79 Å². The van der Waals surface area contributed by atoms with Crippen molar-refractivity contribution in [3.63, 3.8) is 0 Å². The number of nitrogens with one attached hydrogen (secondary N) is 2. The molecule has 134 valence electrons. The molecule has 6 heteroatoms. The largest absolute Gasteiger partial charge is 0.355 e. The highest BCUT2D eigenvalue weighted by molar-refractivity contribution is 5.78. The standard InChI is InChI=1S/C18H31N5O/c24-18(14-22-7-4-2-1-3-5-8-22)20-10-16-6-9-23(12-16)13-17-11-19-15-21-17/h11,15-16H,1-10,12-14H2,(H,19,21)(H,20,24)/t16-/m1/s1. The fourth-order valence-electron chi connectivity index (χ4n) is 3.82. The number of hydrogen-bond donors (Lipinski definition) is 2. The summed E-state index contributed by atoms with van der Waals surface area (Å²) in [4.78, 5) is 24.2. The summed E-state index contributed by atoms with van der Waals surface area (Å²) in [5.74, 6) is 0.770. The lowest BCUT2D eigenvalue weighted by Crippen LogP contribution is -2.40. The Kier molecular flexibility index (Phi) is 6.66. The van der Waals surface area contributed by atoms with Crippen molar-refractivity contribution in [3.05, 3.63) is 18.2 Å². The van der Waals surface area contributed by atoms with Gasteiger partial charge in [0.25, 0.3) is 0 Å². The molecule has 1 atom stereocenters. The zero-order valence-corrected chi connectivity index (χ0v) is 14.7. The molecule has 2 saturated heterocycles. The van der Waals surface area contributed by atoms with Crippen molar-refractivity contribution in [1.29, 1.82) is 0 Å². The predicted octanol–water partition coefficient (Wildman–Crippen LogP) is 1.61. The molecule has 24 heavy (non-hydrogen) atoms. The molecule has 2 aliphatic heterocycles. The number of amides is 1. The molecule has 1 amide bonds. The zero-order valence-electron chi connectivity index (χ0n) is 14.7. The molecule has 0 bridgehead atoms. The van der Waals surface area contributed by atoms with Crippen LogP contribution in [0.2, 0.25) is 0 Å². The number of hydrogen-bond acceptors (Lipinski definition) is 4. The molecule has 1 aromatic rings. The summed E-state index contributed by atoms with van der Waals surface area (Å²) in [5, 5.41) is 3.16. The Morgan fingerprint density at radius 2 is 1.96 bits per heavy atom. The molecule has 3 rings (SSSR count). The minimum atomic E-state index is 0.197. The number of carbonyl (C=O) groups is 1. The van der Waals surface area contributed by atoms with Crippen LogP contribution in [0, 0.1) is 5.92 Å². The highest BCUT2D eigenvalue weighted by Gasteiger charge is 2.23. The lowest BCUT2D eigenvalue weighted by Gasteiger charge is -2.24. The van der Waals surface area contributed by atoms with Crippen LogP contribution in [-0.2, 0) is 11.3 Å². The molecule has 2 aliphatic rings. The van der Waals surface area contributed by atoms with Gasteiger partial charge in [0.2, 0.25) is 5.91 Å². The van der Waals surface area contributed by atoms with Gasteiger partial charge in [0.1, 0.15) is 0 Å². The Hall–Kier alpha value is -1.40. The number of imidazole rings is 1. The quantitative estimate of drug-likeness (QED) is 0.830. The molecule has 0 aromatic carbocycles. The van der Waals surface area contributed by atoms with Crippen LogP contribution < -0.4 is 5.32 Å². The second kappa shape index (κ2) is 9.18. The van der Waals surface area contributed by atoms with E-state index in [0.29, 0.717) is 12.5 Å². The maximum Gasteiger partial charge on any atom is 0.234 e. The smallest absolute Gasteiger partial charge is 0.234 e. The minimum absolute atomic E-state index is 0.197. The first-order valence-electron chi connectivity index (χ1n) is 9.48. The fourth-order valence-corrected chi connectivity index (χ4v) is 3.82. The van der Waals surface area contributed by atoms with E-state index in [1.807, 2.05) is 6.20 Å². The van der Waals surface area contributed by atoms with Crippen LogP contribution in [0.1, 0.15) is 44.2 Å². The van der Waals surface area contributed by atoms with Crippen LogP contribution in [-0.4, -0.2) is 64.9 Å². The summed E-state index contributed by atoms with van der Waals surface area (Å²) in [6.45, 7) is 6.63. The average molecular weight is 333 g/mol. The molecular weight excluding hydrogens is 302 g/mol.